The van der Waals surface area contributed by atoms with E-state index < -0.39 is 0 Å². The predicted molar refractivity (Wildman–Crippen MR) is 92.3 cm³/mol. The molecule has 0 atom stereocenters. The molecule has 2 aliphatic rings. The summed E-state index contributed by atoms with van der Waals surface area (Å²) in [5.41, 5.74) is 1.99. The van der Waals surface area contributed by atoms with Crippen LogP contribution in [0.2, 0.25) is 0 Å². The van der Waals surface area contributed by atoms with Crippen molar-refractivity contribution in [3.63, 3.8) is 0 Å². The molecule has 0 saturated heterocycles. The number of amides is 2. The van der Waals surface area contributed by atoms with Crippen molar-refractivity contribution in [3.05, 3.63) is 59.2 Å². The van der Waals surface area contributed by atoms with Crippen molar-refractivity contribution in [2.75, 3.05) is 19.8 Å². The van der Waals surface area contributed by atoms with Gasteiger partial charge in [0.2, 0.25) is 0 Å². The first-order chi connectivity index (χ1) is 12.0. The lowest BCUT2D eigenvalue weighted by molar-refractivity contribution is 0.0630. The molecule has 2 heterocycles. The number of rotatable bonds is 4. The van der Waals surface area contributed by atoms with Gasteiger partial charge in [0, 0.05) is 11.0 Å². The average Bonchev–Trinajstić information content (AvgIpc) is 3.05. The highest BCUT2D eigenvalue weighted by molar-refractivity contribution is 6.21. The molecule has 0 aliphatic carbocycles. The van der Waals surface area contributed by atoms with E-state index in [2.05, 4.69) is 13.8 Å². The zero-order chi connectivity index (χ0) is 17.6. The van der Waals surface area contributed by atoms with Gasteiger partial charge in [-0.25, -0.2) is 0 Å². The van der Waals surface area contributed by atoms with E-state index in [1.54, 1.807) is 24.3 Å². The highest BCUT2D eigenvalue weighted by atomic mass is 16.5. The molecule has 0 bridgehead atoms. The van der Waals surface area contributed by atoms with Gasteiger partial charge in [0.05, 0.1) is 24.3 Å². The second-order valence-corrected chi connectivity index (χ2v) is 6.96. The molecule has 0 radical (unpaired) electrons. The first-order valence-corrected chi connectivity index (χ1v) is 8.33. The molecule has 0 unspecified atom stereocenters. The molecule has 25 heavy (non-hydrogen) atoms. The van der Waals surface area contributed by atoms with Crippen LogP contribution in [0.1, 0.15) is 40.1 Å². The standard InChI is InChI=1S/C20H19NO4/c1-20(2)12-25-17-15(20)8-5-9-16(17)24-11-10-21-18(22)13-6-3-4-7-14(13)19(21)23/h3-9H,10-12H2,1-2H3. The molecular formula is C20H19NO4. The van der Waals surface area contributed by atoms with Gasteiger partial charge in [-0.1, -0.05) is 38.1 Å². The highest BCUT2D eigenvalue weighted by Gasteiger charge is 2.36. The van der Waals surface area contributed by atoms with Crippen LogP contribution in [0.5, 0.6) is 11.5 Å². The topological polar surface area (TPSA) is 55.8 Å². The van der Waals surface area contributed by atoms with Gasteiger partial charge in [-0.2, -0.15) is 0 Å². The number of ether oxygens (including phenoxy) is 2. The van der Waals surface area contributed by atoms with Crippen molar-refractivity contribution in [3.8, 4) is 11.5 Å². The number of hydrogen-bond donors (Lipinski definition) is 0. The molecular weight excluding hydrogens is 318 g/mol. The van der Waals surface area contributed by atoms with Crippen molar-refractivity contribution in [1.82, 2.24) is 4.90 Å². The van der Waals surface area contributed by atoms with Crippen molar-refractivity contribution < 1.29 is 19.1 Å². The Hall–Kier alpha value is -2.82. The number of carbonyl (C=O) groups excluding carboxylic acids is 2. The third kappa shape index (κ3) is 2.47. The van der Waals surface area contributed by atoms with Crippen LogP contribution in [-0.4, -0.2) is 36.5 Å². The Morgan fingerprint density at radius 1 is 1.04 bits per heavy atom. The van der Waals surface area contributed by atoms with E-state index in [-0.39, 0.29) is 30.4 Å². The molecule has 2 amide bonds. The largest absolute Gasteiger partial charge is 0.488 e. The van der Waals surface area contributed by atoms with E-state index in [1.807, 2.05) is 18.2 Å². The summed E-state index contributed by atoms with van der Waals surface area (Å²) in [6.07, 6.45) is 0. The number of carbonyl (C=O) groups is 2. The zero-order valence-corrected chi connectivity index (χ0v) is 14.2. The van der Waals surface area contributed by atoms with E-state index >= 15 is 0 Å². The Morgan fingerprint density at radius 2 is 1.72 bits per heavy atom. The van der Waals surface area contributed by atoms with Crippen molar-refractivity contribution in [2.24, 2.45) is 0 Å². The van der Waals surface area contributed by atoms with Gasteiger partial charge in [-0.05, 0) is 18.2 Å². The summed E-state index contributed by atoms with van der Waals surface area (Å²) in [4.78, 5) is 25.9. The van der Waals surface area contributed by atoms with E-state index in [9.17, 15) is 9.59 Å². The van der Waals surface area contributed by atoms with Crippen molar-refractivity contribution in [1.29, 1.82) is 0 Å². The molecule has 128 valence electrons. The molecule has 4 rings (SSSR count). The highest BCUT2D eigenvalue weighted by Crippen LogP contribution is 2.44. The molecule has 0 aromatic heterocycles. The van der Waals surface area contributed by atoms with Gasteiger partial charge in [0.15, 0.2) is 11.5 Å². The Morgan fingerprint density at radius 3 is 2.40 bits per heavy atom. The molecule has 0 N–H and O–H groups in total. The normalized spacial score (nSPS) is 17.3. The maximum absolute atomic E-state index is 12.3. The number of fused-ring (bicyclic) bond motifs is 2. The number of benzene rings is 2. The van der Waals surface area contributed by atoms with Gasteiger partial charge >= 0.3 is 0 Å². The van der Waals surface area contributed by atoms with E-state index in [4.69, 9.17) is 9.47 Å². The summed E-state index contributed by atoms with van der Waals surface area (Å²) in [7, 11) is 0. The SMILES string of the molecule is CC1(C)COc2c(OCCN3C(=O)c4ccccc4C3=O)cccc21. The first kappa shape index (κ1) is 15.7. The number of nitrogens with zero attached hydrogens (tertiary/aromatic N) is 1. The lowest BCUT2D eigenvalue weighted by Gasteiger charge is -2.16. The Bertz CT molecular complexity index is 837. The number of imide groups is 1. The Labute approximate surface area is 146 Å². The lowest BCUT2D eigenvalue weighted by Crippen LogP contribution is -2.33. The minimum Gasteiger partial charge on any atom is -0.488 e. The summed E-state index contributed by atoms with van der Waals surface area (Å²) >= 11 is 0. The second-order valence-electron chi connectivity index (χ2n) is 6.96. The average molecular weight is 337 g/mol. The quantitative estimate of drug-likeness (QED) is 0.805. The first-order valence-electron chi connectivity index (χ1n) is 8.33. The fourth-order valence-electron chi connectivity index (χ4n) is 3.33. The smallest absolute Gasteiger partial charge is 0.261 e. The number of hydrogen-bond acceptors (Lipinski definition) is 4. The Balaban J connectivity index is 1.46. The maximum Gasteiger partial charge on any atom is 0.261 e. The monoisotopic (exact) mass is 337 g/mol. The minimum atomic E-state index is -0.264. The van der Waals surface area contributed by atoms with Crippen LogP contribution in [0.3, 0.4) is 0 Å². The second kappa shape index (κ2) is 5.62. The van der Waals surface area contributed by atoms with Gasteiger partial charge < -0.3 is 9.47 Å². The lowest BCUT2D eigenvalue weighted by atomic mass is 9.87. The predicted octanol–water partition coefficient (Wildman–Crippen LogP) is 3.03. The molecule has 0 spiro atoms. The molecule has 0 fully saturated rings. The zero-order valence-electron chi connectivity index (χ0n) is 14.2. The summed E-state index contributed by atoms with van der Waals surface area (Å²) in [6, 6.07) is 12.7. The van der Waals surface area contributed by atoms with Gasteiger partial charge in [-0.15, -0.1) is 0 Å². The summed E-state index contributed by atoms with van der Waals surface area (Å²) in [5.74, 6) is 0.884. The fourth-order valence-corrected chi connectivity index (χ4v) is 3.33. The van der Waals surface area contributed by atoms with Crippen LogP contribution in [0.25, 0.3) is 0 Å². The maximum atomic E-state index is 12.3. The third-order valence-electron chi connectivity index (χ3n) is 4.74. The van der Waals surface area contributed by atoms with Gasteiger partial charge in [0.1, 0.15) is 6.61 Å². The van der Waals surface area contributed by atoms with Crippen LogP contribution in [0.15, 0.2) is 42.5 Å². The fraction of sp³-hybridized carbons (Fsp3) is 0.300. The molecule has 0 saturated carbocycles. The molecule has 2 aliphatic heterocycles. The Kier molecular flexibility index (Phi) is 3.53. The van der Waals surface area contributed by atoms with Crippen LogP contribution >= 0.6 is 0 Å². The molecule has 5 heteroatoms. The third-order valence-corrected chi connectivity index (χ3v) is 4.74. The van der Waals surface area contributed by atoms with Gasteiger partial charge in [0.25, 0.3) is 11.8 Å². The van der Waals surface area contributed by atoms with E-state index in [0.717, 1.165) is 11.3 Å². The van der Waals surface area contributed by atoms with Crippen molar-refractivity contribution in [2.45, 2.75) is 19.3 Å². The van der Waals surface area contributed by atoms with Crippen LogP contribution < -0.4 is 9.47 Å². The molecule has 5 nitrogen and oxygen atoms in total. The van der Waals surface area contributed by atoms with Crippen molar-refractivity contribution >= 4 is 11.8 Å². The summed E-state index contributed by atoms with van der Waals surface area (Å²) in [5, 5.41) is 0. The summed E-state index contributed by atoms with van der Waals surface area (Å²) in [6.45, 7) is 5.30. The van der Waals surface area contributed by atoms with Crippen LogP contribution in [0, 0.1) is 0 Å². The molecule has 2 aromatic rings. The van der Waals surface area contributed by atoms with Gasteiger partial charge in [-0.3, -0.25) is 14.5 Å². The minimum absolute atomic E-state index is 0.0444. The molecule has 2 aromatic carbocycles. The van der Waals surface area contributed by atoms with Crippen LogP contribution in [-0.2, 0) is 5.41 Å². The van der Waals surface area contributed by atoms with E-state index in [1.165, 1.54) is 4.90 Å². The van der Waals surface area contributed by atoms with E-state index in [0.29, 0.717) is 23.5 Å². The number of para-hydroxylation sites is 1. The van der Waals surface area contributed by atoms with Crippen LogP contribution in [0.4, 0.5) is 0 Å². The summed E-state index contributed by atoms with van der Waals surface area (Å²) < 4.78 is 11.6.